The number of hydrogen-bond acceptors (Lipinski definition) is 2. The summed E-state index contributed by atoms with van der Waals surface area (Å²) in [6, 6.07) is 9.00. The smallest absolute Gasteiger partial charge is 0.127 e. The van der Waals surface area contributed by atoms with E-state index in [1.54, 1.807) is 0 Å². The molecule has 0 unspecified atom stereocenters. The maximum Gasteiger partial charge on any atom is 0.127 e. The summed E-state index contributed by atoms with van der Waals surface area (Å²) in [6.07, 6.45) is 2.52. The van der Waals surface area contributed by atoms with E-state index in [0.29, 0.717) is 12.0 Å². The van der Waals surface area contributed by atoms with E-state index in [9.17, 15) is 0 Å². The molecule has 3 heteroatoms. The fraction of sp³-hybridized carbons (Fsp3) is 0.500. The minimum atomic E-state index is 0.0306. The van der Waals surface area contributed by atoms with Gasteiger partial charge < -0.3 is 10.3 Å². The Morgan fingerprint density at radius 2 is 2.00 bits per heavy atom. The van der Waals surface area contributed by atoms with Gasteiger partial charge in [0.2, 0.25) is 0 Å². The van der Waals surface area contributed by atoms with Crippen molar-refractivity contribution >= 4 is 11.0 Å². The second-order valence-corrected chi connectivity index (χ2v) is 5.33. The summed E-state index contributed by atoms with van der Waals surface area (Å²) < 4.78 is 2.36. The van der Waals surface area contributed by atoms with Crippen molar-refractivity contribution in [3.05, 3.63) is 30.1 Å². The van der Waals surface area contributed by atoms with Gasteiger partial charge in [-0.05, 0) is 30.9 Å². The number of benzene rings is 1. The minimum Gasteiger partial charge on any atom is -0.324 e. The molecule has 1 aliphatic rings. The van der Waals surface area contributed by atoms with E-state index in [1.807, 2.05) is 6.07 Å². The van der Waals surface area contributed by atoms with Gasteiger partial charge in [0.25, 0.3) is 0 Å². The molecule has 3 rings (SSSR count). The molecule has 1 aromatic carbocycles. The molecule has 1 atom stereocenters. The Labute approximate surface area is 102 Å². The summed E-state index contributed by atoms with van der Waals surface area (Å²) in [7, 11) is 0. The van der Waals surface area contributed by atoms with Gasteiger partial charge in [0.05, 0.1) is 17.1 Å². The Kier molecular flexibility index (Phi) is 2.44. The first-order valence-corrected chi connectivity index (χ1v) is 6.41. The zero-order chi connectivity index (χ0) is 12.0. The highest BCUT2D eigenvalue weighted by atomic mass is 15.1. The lowest BCUT2D eigenvalue weighted by Crippen LogP contribution is -2.21. The molecule has 1 fully saturated rings. The highest BCUT2D eigenvalue weighted by Crippen LogP contribution is 2.40. The molecule has 1 saturated carbocycles. The van der Waals surface area contributed by atoms with E-state index in [-0.39, 0.29) is 6.04 Å². The van der Waals surface area contributed by atoms with Gasteiger partial charge in [0.1, 0.15) is 5.82 Å². The number of fused-ring (bicyclic) bond motifs is 1. The Hall–Kier alpha value is -1.35. The van der Waals surface area contributed by atoms with Crippen molar-refractivity contribution in [1.82, 2.24) is 9.55 Å². The number of imidazole rings is 1. The van der Waals surface area contributed by atoms with E-state index in [4.69, 9.17) is 10.7 Å². The van der Waals surface area contributed by atoms with Crippen LogP contribution in [-0.4, -0.2) is 9.55 Å². The Bertz CT molecular complexity index is 537. The van der Waals surface area contributed by atoms with Gasteiger partial charge in [0.15, 0.2) is 0 Å². The molecule has 0 aliphatic heterocycles. The molecule has 90 valence electrons. The van der Waals surface area contributed by atoms with Crippen molar-refractivity contribution in [3.63, 3.8) is 0 Å². The Morgan fingerprint density at radius 3 is 2.65 bits per heavy atom. The highest BCUT2D eigenvalue weighted by molar-refractivity contribution is 5.76. The molecule has 0 bridgehead atoms. The van der Waals surface area contributed by atoms with Crippen molar-refractivity contribution < 1.29 is 0 Å². The molecule has 3 nitrogen and oxygen atoms in total. The number of aromatic nitrogens is 2. The molecule has 0 radical (unpaired) electrons. The van der Waals surface area contributed by atoms with Crippen LogP contribution >= 0.6 is 0 Å². The molecule has 0 saturated heterocycles. The van der Waals surface area contributed by atoms with E-state index in [2.05, 4.69) is 36.6 Å². The van der Waals surface area contributed by atoms with Gasteiger partial charge in [-0.15, -0.1) is 0 Å². The van der Waals surface area contributed by atoms with Gasteiger partial charge in [0, 0.05) is 6.04 Å². The van der Waals surface area contributed by atoms with Crippen LogP contribution in [0.25, 0.3) is 11.0 Å². The summed E-state index contributed by atoms with van der Waals surface area (Å²) >= 11 is 0. The van der Waals surface area contributed by atoms with Gasteiger partial charge in [-0.3, -0.25) is 0 Å². The van der Waals surface area contributed by atoms with Crippen molar-refractivity contribution in [2.24, 2.45) is 11.7 Å². The summed E-state index contributed by atoms with van der Waals surface area (Å²) in [5, 5.41) is 0. The van der Waals surface area contributed by atoms with Crippen LogP contribution in [0.4, 0.5) is 0 Å². The van der Waals surface area contributed by atoms with Crippen LogP contribution in [0.15, 0.2) is 24.3 Å². The highest BCUT2D eigenvalue weighted by Gasteiger charge is 2.30. The molecule has 1 aromatic heterocycles. The standard InChI is InChI=1S/C14H19N3/c1-9(2)13(15)14-16-11-5-3-4-6-12(11)17(14)10-7-8-10/h3-6,9-10,13H,7-8,15H2,1-2H3/t13-/m0/s1. The van der Waals surface area contributed by atoms with E-state index < -0.39 is 0 Å². The third-order valence-corrected chi connectivity index (χ3v) is 3.55. The Balaban J connectivity index is 2.19. The second kappa shape index (κ2) is 3.84. The lowest BCUT2D eigenvalue weighted by molar-refractivity contribution is 0.470. The topological polar surface area (TPSA) is 43.8 Å². The van der Waals surface area contributed by atoms with Crippen LogP contribution in [0.3, 0.4) is 0 Å². The molecular formula is C14H19N3. The van der Waals surface area contributed by atoms with E-state index in [0.717, 1.165) is 11.3 Å². The van der Waals surface area contributed by atoms with Crippen LogP contribution in [-0.2, 0) is 0 Å². The predicted octanol–water partition coefficient (Wildman–Crippen LogP) is 3.03. The number of rotatable bonds is 3. The van der Waals surface area contributed by atoms with Crippen LogP contribution in [0.2, 0.25) is 0 Å². The largest absolute Gasteiger partial charge is 0.324 e. The van der Waals surface area contributed by atoms with Crippen LogP contribution in [0.1, 0.15) is 44.6 Å². The van der Waals surface area contributed by atoms with Gasteiger partial charge >= 0.3 is 0 Å². The first-order valence-electron chi connectivity index (χ1n) is 6.41. The quantitative estimate of drug-likeness (QED) is 0.879. The maximum absolute atomic E-state index is 6.28. The third-order valence-electron chi connectivity index (χ3n) is 3.55. The zero-order valence-electron chi connectivity index (χ0n) is 10.4. The first-order chi connectivity index (χ1) is 8.18. The lowest BCUT2D eigenvalue weighted by atomic mass is 10.1. The van der Waals surface area contributed by atoms with Crippen LogP contribution in [0, 0.1) is 5.92 Å². The first kappa shape index (κ1) is 10.8. The summed E-state index contributed by atoms with van der Waals surface area (Å²) in [6.45, 7) is 4.31. The number of para-hydroxylation sites is 2. The molecule has 0 spiro atoms. The zero-order valence-corrected chi connectivity index (χ0v) is 10.4. The number of nitrogens with two attached hydrogens (primary N) is 1. The fourth-order valence-corrected chi connectivity index (χ4v) is 2.31. The van der Waals surface area contributed by atoms with Crippen LogP contribution < -0.4 is 5.73 Å². The van der Waals surface area contributed by atoms with Gasteiger partial charge in [-0.25, -0.2) is 4.98 Å². The van der Waals surface area contributed by atoms with Crippen molar-refractivity contribution in [3.8, 4) is 0 Å². The molecule has 1 heterocycles. The fourth-order valence-electron chi connectivity index (χ4n) is 2.31. The second-order valence-electron chi connectivity index (χ2n) is 5.33. The van der Waals surface area contributed by atoms with Gasteiger partial charge in [-0.1, -0.05) is 26.0 Å². The molecule has 1 aliphatic carbocycles. The number of hydrogen-bond donors (Lipinski definition) is 1. The lowest BCUT2D eigenvalue weighted by Gasteiger charge is -2.17. The van der Waals surface area contributed by atoms with Crippen molar-refractivity contribution in [2.45, 2.75) is 38.8 Å². The molecule has 2 N–H and O–H groups in total. The summed E-state index contributed by atoms with van der Waals surface area (Å²) in [5.74, 6) is 1.48. The minimum absolute atomic E-state index is 0.0306. The van der Waals surface area contributed by atoms with Crippen LogP contribution in [0.5, 0.6) is 0 Å². The molecule has 2 aromatic rings. The van der Waals surface area contributed by atoms with Crippen molar-refractivity contribution in [2.75, 3.05) is 0 Å². The Morgan fingerprint density at radius 1 is 1.29 bits per heavy atom. The average Bonchev–Trinajstić information content (AvgIpc) is 3.08. The summed E-state index contributed by atoms with van der Waals surface area (Å²) in [5.41, 5.74) is 8.60. The predicted molar refractivity (Wildman–Crippen MR) is 69.8 cm³/mol. The average molecular weight is 229 g/mol. The molecule has 0 amide bonds. The van der Waals surface area contributed by atoms with E-state index >= 15 is 0 Å². The number of nitrogens with zero attached hydrogens (tertiary/aromatic N) is 2. The van der Waals surface area contributed by atoms with Gasteiger partial charge in [-0.2, -0.15) is 0 Å². The SMILES string of the molecule is CC(C)[C@H](N)c1nc2ccccc2n1C1CC1. The van der Waals surface area contributed by atoms with Crippen molar-refractivity contribution in [1.29, 1.82) is 0 Å². The normalized spacial score (nSPS) is 17.9. The molecular weight excluding hydrogens is 210 g/mol. The monoisotopic (exact) mass is 229 g/mol. The molecule has 17 heavy (non-hydrogen) atoms. The summed E-state index contributed by atoms with van der Waals surface area (Å²) in [4.78, 5) is 4.73. The maximum atomic E-state index is 6.28. The van der Waals surface area contributed by atoms with E-state index in [1.165, 1.54) is 18.4 Å². The third kappa shape index (κ3) is 1.75.